The second-order valence-corrected chi connectivity index (χ2v) is 5.17. The summed E-state index contributed by atoms with van der Waals surface area (Å²) in [7, 11) is 2.04. The summed E-state index contributed by atoms with van der Waals surface area (Å²) in [5, 5.41) is 0. The molecular weight excluding hydrogens is 226 g/mol. The molecule has 1 heterocycles. The first-order valence-corrected chi connectivity index (χ1v) is 6.39. The maximum atomic E-state index is 12.4. The molecule has 1 amide bonds. The largest absolute Gasteiger partial charge is 0.371 e. The summed E-state index contributed by atoms with van der Waals surface area (Å²) in [6, 6.07) is 7.54. The Morgan fingerprint density at radius 3 is 2.44 bits per heavy atom. The summed E-state index contributed by atoms with van der Waals surface area (Å²) in [5.41, 5.74) is 8.03. The van der Waals surface area contributed by atoms with E-state index in [4.69, 9.17) is 5.73 Å². The zero-order valence-electron chi connectivity index (χ0n) is 11.3. The van der Waals surface area contributed by atoms with E-state index in [2.05, 4.69) is 4.90 Å². The molecule has 18 heavy (non-hydrogen) atoms. The maximum Gasteiger partial charge on any atom is 0.244 e. The highest BCUT2D eigenvalue weighted by Gasteiger charge is 2.29. The van der Waals surface area contributed by atoms with Crippen LogP contribution in [-0.2, 0) is 4.79 Å². The van der Waals surface area contributed by atoms with E-state index in [1.807, 2.05) is 50.1 Å². The number of hydrogen-bond donors (Lipinski definition) is 1. The summed E-state index contributed by atoms with van der Waals surface area (Å²) in [6.45, 7) is 5.50. The summed E-state index contributed by atoms with van der Waals surface area (Å²) in [6.07, 6.45) is 0. The van der Waals surface area contributed by atoms with Gasteiger partial charge in [0, 0.05) is 20.1 Å². The Bertz CT molecular complexity index is 444. The van der Waals surface area contributed by atoms with Gasteiger partial charge in [-0.3, -0.25) is 4.79 Å². The summed E-state index contributed by atoms with van der Waals surface area (Å²) in [5.74, 6) is 0.176. The van der Waals surface area contributed by atoms with Crippen molar-refractivity contribution in [2.45, 2.75) is 19.9 Å². The number of nitrogens with two attached hydrogens (primary N) is 1. The molecule has 0 saturated carbocycles. The minimum absolute atomic E-state index is 0.0190. The van der Waals surface area contributed by atoms with Crippen LogP contribution >= 0.6 is 0 Å². The number of carbonyl (C=O) groups is 1. The molecule has 0 fully saturated rings. The molecule has 1 atom stereocenters. The third-order valence-electron chi connectivity index (χ3n) is 3.51. The van der Waals surface area contributed by atoms with E-state index in [9.17, 15) is 4.79 Å². The average molecular weight is 247 g/mol. The number of amides is 1. The first kappa shape index (κ1) is 12.9. The highest BCUT2D eigenvalue weighted by molar-refractivity contribution is 6.00. The number of carbonyl (C=O) groups excluding carboxylic acids is 1. The van der Waals surface area contributed by atoms with Crippen LogP contribution in [0, 0.1) is 5.92 Å². The number of nitrogens with zero attached hydrogens (tertiary/aromatic N) is 2. The number of likely N-dealkylation sites (N-methyl/N-ethyl adjacent to an activating group) is 1. The molecule has 0 spiro atoms. The van der Waals surface area contributed by atoms with Crippen LogP contribution in [0.2, 0.25) is 0 Å². The highest BCUT2D eigenvalue weighted by Crippen LogP contribution is 2.32. The van der Waals surface area contributed by atoms with Gasteiger partial charge in [0.2, 0.25) is 5.91 Å². The van der Waals surface area contributed by atoms with Crippen LogP contribution in [0.15, 0.2) is 24.3 Å². The first-order chi connectivity index (χ1) is 8.52. The molecule has 0 aliphatic carbocycles. The Labute approximate surface area is 108 Å². The van der Waals surface area contributed by atoms with E-state index in [1.165, 1.54) is 0 Å². The van der Waals surface area contributed by atoms with Crippen LogP contribution < -0.4 is 15.5 Å². The molecule has 2 N–H and O–H groups in total. The molecule has 0 bridgehead atoms. The Kier molecular flexibility index (Phi) is 3.57. The lowest BCUT2D eigenvalue weighted by Crippen LogP contribution is -2.51. The molecule has 1 aliphatic heterocycles. The minimum Gasteiger partial charge on any atom is -0.371 e. The lowest BCUT2D eigenvalue weighted by molar-refractivity contribution is -0.120. The lowest BCUT2D eigenvalue weighted by Gasteiger charge is -2.37. The van der Waals surface area contributed by atoms with Gasteiger partial charge in [0.15, 0.2) is 0 Å². The number of benzene rings is 1. The van der Waals surface area contributed by atoms with Gasteiger partial charge < -0.3 is 15.5 Å². The molecule has 0 aromatic heterocycles. The monoisotopic (exact) mass is 247 g/mol. The van der Waals surface area contributed by atoms with Crippen molar-refractivity contribution in [2.24, 2.45) is 11.7 Å². The van der Waals surface area contributed by atoms with Crippen LogP contribution in [0.4, 0.5) is 11.4 Å². The zero-order valence-corrected chi connectivity index (χ0v) is 11.3. The lowest BCUT2D eigenvalue weighted by atomic mass is 10.0. The van der Waals surface area contributed by atoms with Crippen LogP contribution in [0.3, 0.4) is 0 Å². The second kappa shape index (κ2) is 4.98. The molecule has 0 radical (unpaired) electrons. The number of hydrogen-bond acceptors (Lipinski definition) is 3. The molecule has 1 aliphatic rings. The topological polar surface area (TPSA) is 49.6 Å². The normalized spacial score (nSPS) is 16.7. The smallest absolute Gasteiger partial charge is 0.244 e. The molecule has 4 heteroatoms. The van der Waals surface area contributed by atoms with Gasteiger partial charge in [0.25, 0.3) is 0 Å². The van der Waals surface area contributed by atoms with Gasteiger partial charge >= 0.3 is 0 Å². The third kappa shape index (κ3) is 2.20. The van der Waals surface area contributed by atoms with Crippen molar-refractivity contribution in [2.75, 3.05) is 29.9 Å². The SMILES string of the molecule is CC(C)C(N)C(=O)N1CCN(C)c2ccccc21. The number of anilines is 2. The Hall–Kier alpha value is -1.55. The van der Waals surface area contributed by atoms with Crippen molar-refractivity contribution >= 4 is 17.3 Å². The number of fused-ring (bicyclic) bond motifs is 1. The van der Waals surface area contributed by atoms with Gasteiger partial charge in [-0.15, -0.1) is 0 Å². The molecule has 0 saturated heterocycles. The van der Waals surface area contributed by atoms with Crippen LogP contribution in [0.25, 0.3) is 0 Å². The molecule has 2 rings (SSSR count). The molecule has 1 unspecified atom stereocenters. The van der Waals surface area contributed by atoms with Gasteiger partial charge in [-0.25, -0.2) is 0 Å². The molecular formula is C14H21N3O. The fourth-order valence-electron chi connectivity index (χ4n) is 2.20. The number of rotatable bonds is 2. The average Bonchev–Trinajstić information content (AvgIpc) is 2.38. The predicted molar refractivity (Wildman–Crippen MR) is 74.9 cm³/mol. The fourth-order valence-corrected chi connectivity index (χ4v) is 2.20. The molecule has 1 aromatic rings. The quantitative estimate of drug-likeness (QED) is 0.860. The van der Waals surface area contributed by atoms with Gasteiger partial charge in [-0.05, 0) is 18.1 Å². The van der Waals surface area contributed by atoms with Crippen molar-refractivity contribution in [3.8, 4) is 0 Å². The minimum atomic E-state index is -0.429. The Balaban J connectivity index is 2.32. The second-order valence-electron chi connectivity index (χ2n) is 5.17. The summed E-state index contributed by atoms with van der Waals surface area (Å²) in [4.78, 5) is 16.4. The standard InChI is InChI=1S/C14H21N3O/c1-10(2)13(15)14(18)17-9-8-16(3)11-6-4-5-7-12(11)17/h4-7,10,13H,8-9,15H2,1-3H3. The first-order valence-electron chi connectivity index (χ1n) is 6.39. The van der Waals surface area contributed by atoms with E-state index in [1.54, 1.807) is 0 Å². The summed E-state index contributed by atoms with van der Waals surface area (Å²) >= 11 is 0. The highest BCUT2D eigenvalue weighted by atomic mass is 16.2. The van der Waals surface area contributed by atoms with Gasteiger partial charge in [-0.1, -0.05) is 26.0 Å². The van der Waals surface area contributed by atoms with E-state index in [0.29, 0.717) is 6.54 Å². The van der Waals surface area contributed by atoms with Crippen molar-refractivity contribution in [1.29, 1.82) is 0 Å². The van der Waals surface area contributed by atoms with Crippen molar-refractivity contribution in [1.82, 2.24) is 0 Å². The van der Waals surface area contributed by atoms with Crippen molar-refractivity contribution in [3.63, 3.8) is 0 Å². The van der Waals surface area contributed by atoms with Crippen LogP contribution in [0.1, 0.15) is 13.8 Å². The van der Waals surface area contributed by atoms with Crippen LogP contribution in [-0.4, -0.2) is 32.1 Å². The van der Waals surface area contributed by atoms with Crippen molar-refractivity contribution < 1.29 is 4.79 Å². The molecule has 98 valence electrons. The van der Waals surface area contributed by atoms with Crippen molar-refractivity contribution in [3.05, 3.63) is 24.3 Å². The van der Waals surface area contributed by atoms with Crippen LogP contribution in [0.5, 0.6) is 0 Å². The van der Waals surface area contributed by atoms with Gasteiger partial charge in [-0.2, -0.15) is 0 Å². The van der Waals surface area contributed by atoms with E-state index < -0.39 is 6.04 Å². The maximum absolute atomic E-state index is 12.4. The zero-order chi connectivity index (χ0) is 13.3. The fraction of sp³-hybridized carbons (Fsp3) is 0.500. The molecule has 4 nitrogen and oxygen atoms in total. The number of para-hydroxylation sites is 2. The van der Waals surface area contributed by atoms with E-state index in [0.717, 1.165) is 17.9 Å². The summed E-state index contributed by atoms with van der Waals surface area (Å²) < 4.78 is 0. The van der Waals surface area contributed by atoms with E-state index >= 15 is 0 Å². The predicted octanol–water partition coefficient (Wildman–Crippen LogP) is 1.45. The molecule has 1 aromatic carbocycles. The third-order valence-corrected chi connectivity index (χ3v) is 3.51. The Morgan fingerprint density at radius 1 is 1.22 bits per heavy atom. The van der Waals surface area contributed by atoms with Gasteiger partial charge in [0.05, 0.1) is 17.4 Å². The Morgan fingerprint density at radius 2 is 1.83 bits per heavy atom. The van der Waals surface area contributed by atoms with Gasteiger partial charge in [0.1, 0.15) is 0 Å². The van der Waals surface area contributed by atoms with E-state index in [-0.39, 0.29) is 11.8 Å².